The average Bonchev–Trinajstić information content (AvgIpc) is 2.40. The maximum atomic E-state index is 8.46. The third kappa shape index (κ3) is 6.50. The molecule has 7 heteroatoms. The van der Waals surface area contributed by atoms with Crippen LogP contribution in [0.25, 0.3) is 0 Å². The number of nitrogens with two attached hydrogens (primary N) is 1. The number of unbranched alkanes of at least 4 members (excludes halogenated alkanes) is 2. The minimum Gasteiger partial charge on any atom is -0.493 e. The normalized spacial score (nSPS) is 10.2. The summed E-state index contributed by atoms with van der Waals surface area (Å²) in [4.78, 5) is 0. The van der Waals surface area contributed by atoms with Gasteiger partial charge < -0.3 is 10.5 Å². The zero-order chi connectivity index (χ0) is 14.8. The fraction of sp³-hybridized carbons (Fsp3) is 0.308. The summed E-state index contributed by atoms with van der Waals surface area (Å²) in [5.41, 5.74) is 8.60. The first-order valence-corrected chi connectivity index (χ1v) is 7.21. The van der Waals surface area contributed by atoms with Gasteiger partial charge in [-0.1, -0.05) is 15.9 Å². The second kappa shape index (κ2) is 9.28. The summed E-state index contributed by atoms with van der Waals surface area (Å²) in [6.45, 7) is 0.562. The summed E-state index contributed by atoms with van der Waals surface area (Å²) in [7, 11) is 0. The van der Waals surface area contributed by atoms with Gasteiger partial charge in [0.05, 0.1) is 18.9 Å². The lowest BCUT2D eigenvalue weighted by Gasteiger charge is -2.09. The second-order valence-corrected chi connectivity index (χ2v) is 5.24. The molecule has 106 valence electrons. The molecule has 0 fully saturated rings. The molecule has 0 aliphatic carbocycles. The smallest absolute Gasteiger partial charge is 0.184 e. The van der Waals surface area contributed by atoms with E-state index in [2.05, 4.69) is 44.7 Å². The van der Waals surface area contributed by atoms with Gasteiger partial charge in [-0.15, -0.1) is 0 Å². The van der Waals surface area contributed by atoms with Crippen molar-refractivity contribution in [2.75, 3.05) is 6.61 Å². The molecule has 3 N–H and O–H groups in total. The number of nitrogens with zero attached hydrogens (tertiary/aromatic N) is 2. The summed E-state index contributed by atoms with van der Waals surface area (Å²) in [5.74, 6) is 0.721. The number of nitriles is 1. The Morgan fingerprint density at radius 3 is 3.05 bits per heavy atom. The zero-order valence-electron chi connectivity index (χ0n) is 10.8. The minimum atomic E-state index is 0.107. The number of rotatable bonds is 7. The van der Waals surface area contributed by atoms with Crippen LogP contribution in [0, 0.1) is 11.3 Å². The van der Waals surface area contributed by atoms with Crippen LogP contribution in [0.15, 0.2) is 27.8 Å². The first-order chi connectivity index (χ1) is 9.63. The molecule has 0 spiro atoms. The topological polar surface area (TPSA) is 83.4 Å². The van der Waals surface area contributed by atoms with Crippen molar-refractivity contribution in [2.24, 2.45) is 10.8 Å². The summed E-state index contributed by atoms with van der Waals surface area (Å²) < 4.78 is 6.61. The van der Waals surface area contributed by atoms with Crippen LogP contribution in [0.4, 0.5) is 0 Å². The Hall–Kier alpha value is -1.65. The van der Waals surface area contributed by atoms with Crippen LogP contribution < -0.4 is 15.9 Å². The lowest BCUT2D eigenvalue weighted by atomic mass is 10.2. The van der Waals surface area contributed by atoms with Crippen molar-refractivity contribution in [3.05, 3.63) is 28.2 Å². The van der Waals surface area contributed by atoms with E-state index in [1.807, 2.05) is 18.2 Å². The molecular formula is C13H15BrN4OS. The monoisotopic (exact) mass is 354 g/mol. The van der Waals surface area contributed by atoms with Gasteiger partial charge in [-0.25, -0.2) is 0 Å². The van der Waals surface area contributed by atoms with Gasteiger partial charge in [-0.05, 0) is 43.3 Å². The molecular weight excluding hydrogens is 340 g/mol. The third-order valence-electron chi connectivity index (χ3n) is 2.29. The van der Waals surface area contributed by atoms with Gasteiger partial charge in [0.2, 0.25) is 0 Å². The zero-order valence-corrected chi connectivity index (χ0v) is 13.2. The van der Waals surface area contributed by atoms with Gasteiger partial charge >= 0.3 is 0 Å². The van der Waals surface area contributed by atoms with Crippen molar-refractivity contribution < 1.29 is 4.74 Å². The van der Waals surface area contributed by atoms with Gasteiger partial charge in [0.15, 0.2) is 5.11 Å². The van der Waals surface area contributed by atoms with Crippen molar-refractivity contribution in [3.63, 3.8) is 0 Å². The molecule has 0 aliphatic rings. The number of hydrogen-bond acceptors (Lipinski definition) is 4. The van der Waals surface area contributed by atoms with E-state index < -0.39 is 0 Å². The van der Waals surface area contributed by atoms with Crippen LogP contribution in [-0.2, 0) is 0 Å². The summed E-state index contributed by atoms with van der Waals surface area (Å²) in [5, 5.41) is 12.5. The highest BCUT2D eigenvalue weighted by atomic mass is 79.9. The molecule has 5 nitrogen and oxygen atoms in total. The van der Waals surface area contributed by atoms with E-state index in [4.69, 9.17) is 15.7 Å². The number of benzene rings is 1. The molecule has 0 aliphatic heterocycles. The largest absolute Gasteiger partial charge is 0.493 e. The van der Waals surface area contributed by atoms with Gasteiger partial charge in [0.25, 0.3) is 0 Å². The molecule has 1 rings (SSSR count). The standard InChI is InChI=1S/C13H15BrN4OS/c14-11-4-5-12(19-7-3-1-2-6-15)10(8-11)9-17-18-13(16)20/h4-5,8-9H,1-3,7H2,(H3,16,18,20). The van der Waals surface area contributed by atoms with E-state index in [0.717, 1.165) is 28.6 Å². The predicted octanol–water partition coefficient (Wildman–Crippen LogP) is 2.69. The van der Waals surface area contributed by atoms with Crippen molar-refractivity contribution in [3.8, 4) is 11.8 Å². The molecule has 0 saturated carbocycles. The Bertz CT molecular complexity index is 528. The van der Waals surface area contributed by atoms with Crippen molar-refractivity contribution in [1.29, 1.82) is 5.26 Å². The fourth-order valence-corrected chi connectivity index (χ4v) is 1.84. The molecule has 0 atom stereocenters. The maximum Gasteiger partial charge on any atom is 0.184 e. The van der Waals surface area contributed by atoms with Crippen LogP contribution in [0.2, 0.25) is 0 Å². The number of halogens is 1. The van der Waals surface area contributed by atoms with Crippen LogP contribution in [0.5, 0.6) is 5.75 Å². The molecule has 20 heavy (non-hydrogen) atoms. The summed E-state index contributed by atoms with van der Waals surface area (Å²) in [6, 6.07) is 7.74. The predicted molar refractivity (Wildman–Crippen MR) is 86.6 cm³/mol. The first kappa shape index (κ1) is 16.4. The minimum absolute atomic E-state index is 0.107. The third-order valence-corrected chi connectivity index (χ3v) is 2.88. The van der Waals surface area contributed by atoms with Crippen molar-refractivity contribution in [2.45, 2.75) is 19.3 Å². The average molecular weight is 355 g/mol. The number of hydrazone groups is 1. The van der Waals surface area contributed by atoms with E-state index in [-0.39, 0.29) is 5.11 Å². The van der Waals surface area contributed by atoms with Crippen LogP contribution >= 0.6 is 28.1 Å². The number of nitrogens with one attached hydrogen (secondary N) is 1. The number of thiocarbonyl (C=S) groups is 1. The Balaban J connectivity index is 2.62. The van der Waals surface area contributed by atoms with E-state index in [9.17, 15) is 0 Å². The maximum absolute atomic E-state index is 8.46. The molecule has 0 aromatic heterocycles. The first-order valence-electron chi connectivity index (χ1n) is 6.01. The molecule has 0 saturated heterocycles. The number of hydrogen-bond donors (Lipinski definition) is 2. The van der Waals surface area contributed by atoms with Gasteiger partial charge in [-0.3, -0.25) is 5.43 Å². The van der Waals surface area contributed by atoms with Gasteiger partial charge in [0, 0.05) is 16.5 Å². The Kier molecular flexibility index (Phi) is 7.62. The number of ether oxygens (including phenoxy) is 1. The summed E-state index contributed by atoms with van der Waals surface area (Å²) in [6.07, 6.45) is 3.81. The molecule has 1 aromatic rings. The highest BCUT2D eigenvalue weighted by Crippen LogP contribution is 2.22. The van der Waals surface area contributed by atoms with Gasteiger partial charge in [0.1, 0.15) is 5.75 Å². The van der Waals surface area contributed by atoms with Gasteiger partial charge in [-0.2, -0.15) is 10.4 Å². The van der Waals surface area contributed by atoms with Crippen molar-refractivity contribution in [1.82, 2.24) is 5.43 Å². The molecule has 0 radical (unpaired) electrons. The lowest BCUT2D eigenvalue weighted by molar-refractivity contribution is 0.307. The quantitative estimate of drug-likeness (QED) is 0.340. The van der Waals surface area contributed by atoms with E-state index in [0.29, 0.717) is 13.0 Å². The summed E-state index contributed by atoms with van der Waals surface area (Å²) >= 11 is 8.06. The molecule has 1 aromatic carbocycles. The Morgan fingerprint density at radius 2 is 2.35 bits per heavy atom. The SMILES string of the molecule is N#CCCCCOc1ccc(Br)cc1C=NNC(N)=S. The van der Waals surface area contributed by atoms with Crippen LogP contribution in [0.3, 0.4) is 0 Å². The van der Waals surface area contributed by atoms with Crippen LogP contribution in [0.1, 0.15) is 24.8 Å². The highest BCUT2D eigenvalue weighted by Gasteiger charge is 2.03. The lowest BCUT2D eigenvalue weighted by Crippen LogP contribution is -2.24. The Labute approximate surface area is 131 Å². The van der Waals surface area contributed by atoms with E-state index in [1.54, 1.807) is 6.21 Å². The Morgan fingerprint density at radius 1 is 1.55 bits per heavy atom. The molecule has 0 bridgehead atoms. The van der Waals surface area contributed by atoms with Crippen LogP contribution in [-0.4, -0.2) is 17.9 Å². The highest BCUT2D eigenvalue weighted by molar-refractivity contribution is 9.10. The molecule has 0 unspecified atom stereocenters. The fourth-order valence-electron chi connectivity index (χ4n) is 1.41. The second-order valence-electron chi connectivity index (χ2n) is 3.88. The molecule has 0 heterocycles. The van der Waals surface area contributed by atoms with Crippen molar-refractivity contribution >= 4 is 39.5 Å². The van der Waals surface area contributed by atoms with E-state index >= 15 is 0 Å². The van der Waals surface area contributed by atoms with E-state index in [1.165, 1.54) is 0 Å². The molecule has 0 amide bonds.